The average molecular weight is 383 g/mol. The minimum atomic E-state index is -3.14. The molecule has 27 heavy (non-hydrogen) atoms. The maximum absolute atomic E-state index is 12.5. The number of hydrogen-bond donors (Lipinski definition) is 2. The Balaban J connectivity index is 1.52. The Kier molecular flexibility index (Phi) is 4.44. The Morgan fingerprint density at radius 2 is 2.04 bits per heavy atom. The number of sulfone groups is 1. The fourth-order valence-electron chi connectivity index (χ4n) is 3.16. The number of hydrogen-bond acceptors (Lipinski definition) is 6. The number of carbonyl (C=O) groups is 1. The van der Waals surface area contributed by atoms with Gasteiger partial charge in [-0.1, -0.05) is 18.2 Å². The zero-order chi connectivity index (χ0) is 18.9. The zero-order valence-corrected chi connectivity index (χ0v) is 15.1. The standard InChI is InChI=1S/C18H17N5O3S/c24-17(21-18-20-16(22-23-18)14-7-1-2-9-19-14)13-6-3-5-12(11-13)15-8-4-10-27(15,25)26/h1-3,5-7,9,11,15H,4,8,10H2,(H2,20,21,22,23,24). The molecule has 138 valence electrons. The Labute approximate surface area is 156 Å². The Bertz CT molecular complexity index is 1080. The summed E-state index contributed by atoms with van der Waals surface area (Å²) in [7, 11) is -3.14. The maximum atomic E-state index is 12.5. The van der Waals surface area contributed by atoms with Crippen LogP contribution < -0.4 is 5.32 Å². The van der Waals surface area contributed by atoms with Crippen molar-refractivity contribution in [3.63, 3.8) is 0 Å². The van der Waals surface area contributed by atoms with Crippen molar-refractivity contribution in [3.05, 3.63) is 59.8 Å². The fourth-order valence-corrected chi connectivity index (χ4v) is 5.10. The second-order valence-electron chi connectivity index (χ2n) is 6.31. The highest BCUT2D eigenvalue weighted by Crippen LogP contribution is 2.34. The van der Waals surface area contributed by atoms with Crippen LogP contribution in [0.3, 0.4) is 0 Å². The van der Waals surface area contributed by atoms with E-state index in [4.69, 9.17) is 0 Å². The van der Waals surface area contributed by atoms with E-state index in [9.17, 15) is 13.2 Å². The molecule has 0 spiro atoms. The van der Waals surface area contributed by atoms with E-state index in [-0.39, 0.29) is 11.7 Å². The molecule has 2 N–H and O–H groups in total. The van der Waals surface area contributed by atoms with E-state index in [1.165, 1.54) is 0 Å². The minimum absolute atomic E-state index is 0.194. The molecule has 2 aromatic heterocycles. The molecule has 3 aromatic rings. The molecule has 0 saturated carbocycles. The summed E-state index contributed by atoms with van der Waals surface area (Å²) >= 11 is 0. The van der Waals surface area contributed by atoms with Gasteiger partial charge in [0.15, 0.2) is 15.7 Å². The molecule has 1 aliphatic rings. The molecule has 4 rings (SSSR count). The summed E-state index contributed by atoms with van der Waals surface area (Å²) in [6.45, 7) is 0. The molecule has 0 radical (unpaired) electrons. The van der Waals surface area contributed by atoms with Gasteiger partial charge in [0.05, 0.1) is 11.0 Å². The molecular formula is C18H17N5O3S. The number of pyridine rings is 1. The smallest absolute Gasteiger partial charge is 0.258 e. The number of amides is 1. The lowest BCUT2D eigenvalue weighted by Gasteiger charge is -2.11. The quantitative estimate of drug-likeness (QED) is 0.714. The van der Waals surface area contributed by atoms with Crippen LogP contribution in [0, 0.1) is 0 Å². The summed E-state index contributed by atoms with van der Waals surface area (Å²) in [4.78, 5) is 19.6. The van der Waals surface area contributed by atoms with Crippen molar-refractivity contribution >= 4 is 21.7 Å². The van der Waals surface area contributed by atoms with Crippen LogP contribution in [0.2, 0.25) is 0 Å². The number of benzene rings is 1. The van der Waals surface area contributed by atoms with Gasteiger partial charge in [0.25, 0.3) is 5.91 Å². The number of nitrogens with one attached hydrogen (secondary N) is 2. The van der Waals surface area contributed by atoms with Gasteiger partial charge in [-0.3, -0.25) is 15.1 Å². The molecule has 1 aliphatic heterocycles. The molecular weight excluding hydrogens is 366 g/mol. The van der Waals surface area contributed by atoms with Gasteiger partial charge in [-0.05, 0) is 42.7 Å². The third-order valence-corrected chi connectivity index (χ3v) is 6.71. The van der Waals surface area contributed by atoms with Gasteiger partial charge in [-0.2, -0.15) is 0 Å². The molecule has 8 nitrogen and oxygen atoms in total. The van der Waals surface area contributed by atoms with Crippen molar-refractivity contribution in [1.29, 1.82) is 0 Å². The lowest BCUT2D eigenvalue weighted by atomic mass is 10.0. The fraction of sp³-hybridized carbons (Fsp3) is 0.222. The van der Waals surface area contributed by atoms with E-state index in [2.05, 4.69) is 25.5 Å². The van der Waals surface area contributed by atoms with Gasteiger partial charge in [-0.25, -0.2) is 8.42 Å². The highest BCUT2D eigenvalue weighted by Gasteiger charge is 2.32. The van der Waals surface area contributed by atoms with Crippen molar-refractivity contribution in [1.82, 2.24) is 20.2 Å². The van der Waals surface area contributed by atoms with Gasteiger partial charge in [0, 0.05) is 11.8 Å². The average Bonchev–Trinajstić information content (AvgIpc) is 3.28. The summed E-state index contributed by atoms with van der Waals surface area (Å²) in [5, 5.41) is 9.98. The van der Waals surface area contributed by atoms with Gasteiger partial charge in [0.1, 0.15) is 5.69 Å². The van der Waals surface area contributed by atoms with E-state index in [0.717, 1.165) is 0 Å². The van der Waals surface area contributed by atoms with Crippen LogP contribution in [-0.4, -0.2) is 40.2 Å². The van der Waals surface area contributed by atoms with Crippen LogP contribution >= 0.6 is 0 Å². The first-order valence-electron chi connectivity index (χ1n) is 8.50. The number of anilines is 1. The molecule has 1 aromatic carbocycles. The number of aromatic amines is 1. The maximum Gasteiger partial charge on any atom is 0.258 e. The molecule has 0 aliphatic carbocycles. The SMILES string of the molecule is O=C(Nc1nnc(-c2ccccn2)[nH]1)c1cccc(C2CCCS2(=O)=O)c1. The van der Waals surface area contributed by atoms with Crippen LogP contribution in [0.25, 0.3) is 11.5 Å². The Morgan fingerprint density at radius 3 is 2.78 bits per heavy atom. The molecule has 0 bridgehead atoms. The number of rotatable bonds is 4. The minimum Gasteiger partial charge on any atom is -0.306 e. The van der Waals surface area contributed by atoms with Crippen LogP contribution in [0.5, 0.6) is 0 Å². The van der Waals surface area contributed by atoms with Crippen LogP contribution in [0.4, 0.5) is 5.95 Å². The monoisotopic (exact) mass is 383 g/mol. The first kappa shape index (κ1) is 17.3. The second kappa shape index (κ2) is 6.92. The third kappa shape index (κ3) is 3.59. The van der Waals surface area contributed by atoms with Crippen LogP contribution in [0.15, 0.2) is 48.7 Å². The lowest BCUT2D eigenvalue weighted by molar-refractivity contribution is 0.102. The topological polar surface area (TPSA) is 118 Å². The van der Waals surface area contributed by atoms with Crippen molar-refractivity contribution in [2.24, 2.45) is 0 Å². The summed E-state index contributed by atoms with van der Waals surface area (Å²) in [6.07, 6.45) is 2.87. The highest BCUT2D eigenvalue weighted by molar-refractivity contribution is 7.91. The summed E-state index contributed by atoms with van der Waals surface area (Å²) < 4.78 is 24.3. The van der Waals surface area contributed by atoms with Crippen LogP contribution in [0.1, 0.15) is 34.0 Å². The predicted molar refractivity (Wildman–Crippen MR) is 99.8 cm³/mol. The molecule has 1 unspecified atom stereocenters. The van der Waals surface area contributed by atoms with Gasteiger partial charge >= 0.3 is 0 Å². The van der Waals surface area contributed by atoms with Crippen molar-refractivity contribution in [2.75, 3.05) is 11.1 Å². The van der Waals surface area contributed by atoms with Gasteiger partial charge in [-0.15, -0.1) is 10.2 Å². The summed E-state index contributed by atoms with van der Waals surface area (Å²) in [5.74, 6) is 0.440. The third-order valence-electron chi connectivity index (χ3n) is 4.48. The van der Waals surface area contributed by atoms with E-state index in [0.29, 0.717) is 35.5 Å². The first-order valence-corrected chi connectivity index (χ1v) is 10.2. The van der Waals surface area contributed by atoms with Crippen molar-refractivity contribution in [2.45, 2.75) is 18.1 Å². The first-order chi connectivity index (χ1) is 13.0. The van der Waals surface area contributed by atoms with E-state index >= 15 is 0 Å². The van der Waals surface area contributed by atoms with Gasteiger partial charge < -0.3 is 4.98 Å². The van der Waals surface area contributed by atoms with Crippen molar-refractivity contribution in [3.8, 4) is 11.5 Å². The summed E-state index contributed by atoms with van der Waals surface area (Å²) in [5.41, 5.74) is 1.62. The molecule has 1 fully saturated rings. The molecule has 1 saturated heterocycles. The van der Waals surface area contributed by atoms with Crippen LogP contribution in [-0.2, 0) is 9.84 Å². The Morgan fingerprint density at radius 1 is 1.15 bits per heavy atom. The second-order valence-corrected chi connectivity index (χ2v) is 8.62. The zero-order valence-electron chi connectivity index (χ0n) is 14.3. The lowest BCUT2D eigenvalue weighted by Crippen LogP contribution is -2.14. The largest absolute Gasteiger partial charge is 0.306 e. The normalized spacial score (nSPS) is 18.3. The highest BCUT2D eigenvalue weighted by atomic mass is 32.2. The molecule has 3 heterocycles. The molecule has 1 amide bonds. The van der Waals surface area contributed by atoms with Crippen molar-refractivity contribution < 1.29 is 13.2 Å². The molecule has 1 atom stereocenters. The number of nitrogens with zero attached hydrogens (tertiary/aromatic N) is 3. The number of carbonyl (C=O) groups excluding carboxylic acids is 1. The van der Waals surface area contributed by atoms with E-state index < -0.39 is 21.0 Å². The predicted octanol–water partition coefficient (Wildman–Crippen LogP) is 2.37. The summed E-state index contributed by atoms with van der Waals surface area (Å²) in [6, 6.07) is 12.1. The number of H-pyrrole nitrogens is 1. The molecule has 9 heteroatoms. The van der Waals surface area contributed by atoms with Gasteiger partial charge in [0.2, 0.25) is 5.95 Å². The van der Waals surface area contributed by atoms with E-state index in [1.807, 2.05) is 6.07 Å². The Hall–Kier alpha value is -3.07. The number of aromatic nitrogens is 4. The van der Waals surface area contributed by atoms with E-state index in [1.54, 1.807) is 42.6 Å².